The van der Waals surface area contributed by atoms with Crippen LogP contribution in [0.15, 0.2) is 69.9 Å². The number of para-hydroxylation sites is 2. The summed E-state index contributed by atoms with van der Waals surface area (Å²) in [4.78, 5) is 18.4. The van der Waals surface area contributed by atoms with Gasteiger partial charge in [-0.2, -0.15) is 0 Å². The van der Waals surface area contributed by atoms with Gasteiger partial charge in [0.15, 0.2) is 16.5 Å². The zero-order valence-electron chi connectivity index (χ0n) is 17.5. The van der Waals surface area contributed by atoms with Crippen LogP contribution < -0.4 is 19.6 Å². The Morgan fingerprint density at radius 1 is 1.09 bits per heavy atom. The summed E-state index contributed by atoms with van der Waals surface area (Å²) in [6, 6.07) is 18.9. The van der Waals surface area contributed by atoms with Crippen molar-refractivity contribution < 1.29 is 9.47 Å². The smallest absolute Gasteiger partial charge is 0.274 e. The van der Waals surface area contributed by atoms with Gasteiger partial charge in [0.1, 0.15) is 6.61 Å². The van der Waals surface area contributed by atoms with E-state index in [1.807, 2.05) is 73.7 Å². The van der Waals surface area contributed by atoms with Gasteiger partial charge in [0.05, 0.1) is 22.2 Å². The second kappa shape index (κ2) is 9.17. The molecule has 2 heterocycles. The molecule has 0 atom stereocenters. The molecule has 0 amide bonds. The Kier molecular flexibility index (Phi) is 6.10. The summed E-state index contributed by atoms with van der Waals surface area (Å²) in [6.45, 7) is 2.79. The van der Waals surface area contributed by atoms with Crippen molar-refractivity contribution in [2.75, 3.05) is 6.61 Å². The molecule has 3 aromatic carbocycles. The predicted molar refractivity (Wildman–Crippen MR) is 137 cm³/mol. The Morgan fingerprint density at radius 2 is 1.85 bits per heavy atom. The van der Waals surface area contributed by atoms with Gasteiger partial charge < -0.3 is 9.47 Å². The highest BCUT2D eigenvalue weighted by molar-refractivity contribution is 9.10. The van der Waals surface area contributed by atoms with Crippen molar-refractivity contribution >= 4 is 60.9 Å². The van der Waals surface area contributed by atoms with Gasteiger partial charge in [-0.3, -0.25) is 4.79 Å². The summed E-state index contributed by atoms with van der Waals surface area (Å²) in [5, 5.41) is 0.683. The third-order valence-corrected chi connectivity index (χ3v) is 7.01. The zero-order valence-corrected chi connectivity index (χ0v) is 20.7. The van der Waals surface area contributed by atoms with E-state index in [-0.39, 0.29) is 5.56 Å². The minimum atomic E-state index is -0.0865. The van der Waals surface area contributed by atoms with Crippen LogP contribution in [-0.4, -0.2) is 16.0 Å². The molecule has 0 spiro atoms. The van der Waals surface area contributed by atoms with Gasteiger partial charge >= 0.3 is 0 Å². The Bertz CT molecular complexity index is 1580. The van der Waals surface area contributed by atoms with Crippen LogP contribution in [0.3, 0.4) is 0 Å². The molecule has 0 aliphatic carbocycles. The first kappa shape index (κ1) is 21.9. The van der Waals surface area contributed by atoms with Crippen LogP contribution in [0.1, 0.15) is 18.1 Å². The summed E-state index contributed by atoms with van der Waals surface area (Å²) < 4.78 is 14.9. The Morgan fingerprint density at radius 3 is 2.64 bits per heavy atom. The van der Waals surface area contributed by atoms with Gasteiger partial charge in [-0.15, -0.1) is 0 Å². The van der Waals surface area contributed by atoms with Gasteiger partial charge in [-0.25, -0.2) is 9.38 Å². The van der Waals surface area contributed by atoms with Crippen LogP contribution in [0.2, 0.25) is 5.02 Å². The van der Waals surface area contributed by atoms with E-state index < -0.39 is 0 Å². The van der Waals surface area contributed by atoms with Crippen molar-refractivity contribution in [1.82, 2.24) is 9.38 Å². The second-order valence-electron chi connectivity index (χ2n) is 7.30. The first-order valence-electron chi connectivity index (χ1n) is 10.3. The molecule has 0 N–H and O–H groups in total. The molecule has 0 saturated carbocycles. The van der Waals surface area contributed by atoms with Gasteiger partial charge in [0.25, 0.3) is 5.56 Å². The first-order valence-corrected chi connectivity index (χ1v) is 12.3. The predicted octanol–water partition coefficient (Wildman–Crippen LogP) is 5.85. The largest absolute Gasteiger partial charge is 0.490 e. The Labute approximate surface area is 207 Å². The average molecular weight is 542 g/mol. The molecule has 0 bridgehead atoms. The molecule has 2 aromatic heterocycles. The SMILES string of the molecule is CCOc1cc(C=c2sc3nc4ccccc4n3c2=O)c(Br)cc1OCc1ccc(Cl)cc1. The molecule has 0 fully saturated rings. The van der Waals surface area contributed by atoms with Gasteiger partial charge in [0.2, 0.25) is 0 Å². The molecule has 33 heavy (non-hydrogen) atoms. The van der Waals surface area contributed by atoms with Crippen molar-refractivity contribution in [1.29, 1.82) is 0 Å². The number of benzene rings is 3. The lowest BCUT2D eigenvalue weighted by Crippen LogP contribution is -2.22. The maximum atomic E-state index is 13.1. The summed E-state index contributed by atoms with van der Waals surface area (Å²) in [5.74, 6) is 1.23. The third kappa shape index (κ3) is 4.36. The number of ether oxygens (including phenoxy) is 2. The minimum absolute atomic E-state index is 0.0865. The zero-order chi connectivity index (χ0) is 22.9. The molecule has 0 aliphatic rings. The lowest BCUT2D eigenvalue weighted by Gasteiger charge is -2.14. The van der Waals surface area contributed by atoms with E-state index in [9.17, 15) is 4.79 Å². The average Bonchev–Trinajstić information content (AvgIpc) is 3.32. The molecule has 5 rings (SSSR count). The molecule has 8 heteroatoms. The molecule has 0 unspecified atom stereocenters. The number of thiazole rings is 1. The first-order chi connectivity index (χ1) is 16.0. The topological polar surface area (TPSA) is 52.8 Å². The molecule has 5 aromatic rings. The number of aromatic nitrogens is 2. The van der Waals surface area contributed by atoms with E-state index >= 15 is 0 Å². The maximum Gasteiger partial charge on any atom is 0.274 e. The monoisotopic (exact) mass is 540 g/mol. The summed E-state index contributed by atoms with van der Waals surface area (Å²) in [5.41, 5.74) is 3.36. The van der Waals surface area contributed by atoms with E-state index in [0.717, 1.165) is 26.6 Å². The molecule has 5 nitrogen and oxygen atoms in total. The number of hydrogen-bond acceptors (Lipinski definition) is 5. The molecular weight excluding hydrogens is 524 g/mol. The van der Waals surface area contributed by atoms with E-state index in [2.05, 4.69) is 20.9 Å². The highest BCUT2D eigenvalue weighted by atomic mass is 79.9. The highest BCUT2D eigenvalue weighted by Crippen LogP contribution is 2.35. The summed E-state index contributed by atoms with van der Waals surface area (Å²) in [6.07, 6.45) is 1.85. The third-order valence-electron chi connectivity index (χ3n) is 5.10. The number of imidazole rings is 1. The summed E-state index contributed by atoms with van der Waals surface area (Å²) >= 11 is 10.9. The van der Waals surface area contributed by atoms with E-state index in [1.165, 1.54) is 11.3 Å². The lowest BCUT2D eigenvalue weighted by atomic mass is 10.2. The van der Waals surface area contributed by atoms with Crippen molar-refractivity contribution in [3.05, 3.63) is 96.2 Å². The highest BCUT2D eigenvalue weighted by Gasteiger charge is 2.13. The van der Waals surface area contributed by atoms with E-state index in [1.54, 1.807) is 4.40 Å². The van der Waals surface area contributed by atoms with Crippen LogP contribution >= 0.6 is 38.9 Å². The van der Waals surface area contributed by atoms with Crippen molar-refractivity contribution in [3.8, 4) is 11.5 Å². The molecule has 0 radical (unpaired) electrons. The lowest BCUT2D eigenvalue weighted by molar-refractivity contribution is 0.269. The maximum absolute atomic E-state index is 13.1. The number of hydrogen-bond donors (Lipinski definition) is 0. The summed E-state index contributed by atoms with van der Waals surface area (Å²) in [7, 11) is 0. The van der Waals surface area contributed by atoms with Crippen LogP contribution in [0.5, 0.6) is 11.5 Å². The van der Waals surface area contributed by atoms with Crippen molar-refractivity contribution in [2.24, 2.45) is 0 Å². The number of halogens is 2. The van der Waals surface area contributed by atoms with E-state index in [0.29, 0.717) is 39.2 Å². The Balaban J connectivity index is 1.52. The fourth-order valence-electron chi connectivity index (χ4n) is 3.54. The quantitative estimate of drug-likeness (QED) is 0.271. The van der Waals surface area contributed by atoms with Gasteiger partial charge in [0, 0.05) is 9.50 Å². The Hall–Kier alpha value is -2.87. The molecule has 166 valence electrons. The number of nitrogens with zero attached hydrogens (tertiary/aromatic N) is 2. The molecule has 0 aliphatic heterocycles. The molecule has 0 saturated heterocycles. The van der Waals surface area contributed by atoms with Crippen molar-refractivity contribution in [2.45, 2.75) is 13.5 Å². The minimum Gasteiger partial charge on any atom is -0.490 e. The van der Waals surface area contributed by atoms with Crippen LogP contribution in [0.25, 0.3) is 22.1 Å². The van der Waals surface area contributed by atoms with Crippen LogP contribution in [0.4, 0.5) is 0 Å². The number of fused-ring (bicyclic) bond motifs is 3. The molecular formula is C25H18BrClN2O3S. The van der Waals surface area contributed by atoms with Gasteiger partial charge in [-0.1, -0.05) is 63.1 Å². The fourth-order valence-corrected chi connectivity index (χ4v) is 5.08. The normalized spacial score (nSPS) is 12.0. The van der Waals surface area contributed by atoms with Crippen LogP contribution in [-0.2, 0) is 6.61 Å². The van der Waals surface area contributed by atoms with Gasteiger partial charge in [-0.05, 0) is 60.5 Å². The second-order valence-corrected chi connectivity index (χ2v) is 9.60. The van der Waals surface area contributed by atoms with Crippen LogP contribution in [0, 0.1) is 0 Å². The fraction of sp³-hybridized carbons (Fsp3) is 0.120. The van der Waals surface area contributed by atoms with Crippen molar-refractivity contribution in [3.63, 3.8) is 0 Å². The number of rotatable bonds is 6. The van der Waals surface area contributed by atoms with E-state index in [4.69, 9.17) is 21.1 Å². The standard InChI is InChI=1S/C25H18BrClN2O3S/c1-2-31-21-11-16(18(26)13-22(21)32-14-15-7-9-17(27)10-8-15)12-23-24(30)29-20-6-4-3-5-19(20)28-25(29)33-23/h3-13H,2,14H2,1H3.